The van der Waals surface area contributed by atoms with Crippen molar-refractivity contribution in [2.75, 3.05) is 14.2 Å². The van der Waals surface area contributed by atoms with E-state index in [9.17, 15) is 14.7 Å². The Morgan fingerprint density at radius 2 is 1.90 bits per heavy atom. The molecular weight excluding hydrogens is 274 g/mol. The van der Waals surface area contributed by atoms with Gasteiger partial charge in [0.15, 0.2) is 11.5 Å². The van der Waals surface area contributed by atoms with Gasteiger partial charge in [0.2, 0.25) is 5.91 Å². The molecule has 0 heterocycles. The monoisotopic (exact) mass is 295 g/mol. The van der Waals surface area contributed by atoms with Crippen LogP contribution in [0.3, 0.4) is 0 Å². The Kier molecular flexibility index (Phi) is 5.58. The van der Waals surface area contributed by atoms with Crippen molar-refractivity contribution >= 4 is 11.9 Å². The Balaban J connectivity index is 2.78. The molecule has 6 nitrogen and oxygen atoms in total. The Bertz CT molecular complexity index is 529. The van der Waals surface area contributed by atoms with Crippen LogP contribution in [0.15, 0.2) is 18.2 Å². The average molecular weight is 295 g/mol. The highest BCUT2D eigenvalue weighted by Gasteiger charge is 2.28. The maximum atomic E-state index is 12.2. The van der Waals surface area contributed by atoms with Gasteiger partial charge in [-0.2, -0.15) is 0 Å². The maximum Gasteiger partial charge on any atom is 0.307 e. The minimum absolute atomic E-state index is 0.0306. The number of carbonyl (C=O) groups is 2. The number of hydrogen-bond acceptors (Lipinski definition) is 4. The molecule has 1 aromatic rings. The number of carboxylic acids is 1. The van der Waals surface area contributed by atoms with Crippen molar-refractivity contribution < 1.29 is 24.5 Å². The summed E-state index contributed by atoms with van der Waals surface area (Å²) in [6, 6.07) is 4.83. The van der Waals surface area contributed by atoms with E-state index in [-0.39, 0.29) is 11.7 Å². The van der Waals surface area contributed by atoms with Crippen LogP contribution >= 0.6 is 0 Å². The standard InChI is InChI=1S/C15H21NO5/c1-9(10(2)15(19)20)14(18)16(3)8-11-5-6-12(17)13(7-11)21-4/h5-7,9-10,17H,8H2,1-4H3,(H,19,20). The van der Waals surface area contributed by atoms with E-state index in [4.69, 9.17) is 9.84 Å². The highest BCUT2D eigenvalue weighted by Crippen LogP contribution is 2.27. The number of carbonyl (C=O) groups excluding carboxylic acids is 1. The van der Waals surface area contributed by atoms with E-state index in [1.807, 2.05) is 0 Å². The highest BCUT2D eigenvalue weighted by molar-refractivity contribution is 5.84. The van der Waals surface area contributed by atoms with Gasteiger partial charge in [0.1, 0.15) is 0 Å². The number of phenols is 1. The van der Waals surface area contributed by atoms with Gasteiger partial charge in [0.05, 0.1) is 13.0 Å². The van der Waals surface area contributed by atoms with Gasteiger partial charge in [0, 0.05) is 19.5 Å². The summed E-state index contributed by atoms with van der Waals surface area (Å²) in [6.07, 6.45) is 0. The van der Waals surface area contributed by atoms with Crippen molar-refractivity contribution in [3.05, 3.63) is 23.8 Å². The molecule has 1 amide bonds. The van der Waals surface area contributed by atoms with Crippen LogP contribution in [-0.4, -0.2) is 41.1 Å². The normalized spacial score (nSPS) is 13.3. The molecule has 1 aromatic carbocycles. The quantitative estimate of drug-likeness (QED) is 0.834. The van der Waals surface area contributed by atoms with Crippen molar-refractivity contribution in [3.8, 4) is 11.5 Å². The number of amides is 1. The third-order valence-electron chi connectivity index (χ3n) is 3.57. The molecule has 0 aromatic heterocycles. The molecule has 116 valence electrons. The van der Waals surface area contributed by atoms with E-state index in [2.05, 4.69) is 0 Å². The van der Waals surface area contributed by atoms with E-state index in [0.717, 1.165) is 5.56 Å². The number of nitrogens with zero attached hydrogens (tertiary/aromatic N) is 1. The summed E-state index contributed by atoms with van der Waals surface area (Å²) < 4.78 is 5.01. The van der Waals surface area contributed by atoms with E-state index in [1.54, 1.807) is 26.1 Å². The molecule has 0 saturated heterocycles. The summed E-state index contributed by atoms with van der Waals surface area (Å²) >= 11 is 0. The van der Waals surface area contributed by atoms with Crippen LogP contribution < -0.4 is 4.74 Å². The van der Waals surface area contributed by atoms with Gasteiger partial charge in [-0.3, -0.25) is 9.59 Å². The van der Waals surface area contributed by atoms with E-state index >= 15 is 0 Å². The predicted octanol–water partition coefficient (Wildman–Crippen LogP) is 1.72. The zero-order valence-electron chi connectivity index (χ0n) is 12.7. The van der Waals surface area contributed by atoms with Crippen LogP contribution in [0.5, 0.6) is 11.5 Å². The van der Waals surface area contributed by atoms with E-state index < -0.39 is 17.8 Å². The second kappa shape index (κ2) is 6.97. The van der Waals surface area contributed by atoms with Crippen molar-refractivity contribution in [2.24, 2.45) is 11.8 Å². The largest absolute Gasteiger partial charge is 0.504 e. The summed E-state index contributed by atoms with van der Waals surface area (Å²) in [4.78, 5) is 24.6. The minimum atomic E-state index is -0.990. The number of aliphatic carboxylic acids is 1. The Hall–Kier alpha value is -2.24. The third kappa shape index (κ3) is 4.11. The first-order chi connectivity index (χ1) is 9.77. The fraction of sp³-hybridized carbons (Fsp3) is 0.467. The fourth-order valence-corrected chi connectivity index (χ4v) is 1.95. The second-order valence-electron chi connectivity index (χ2n) is 5.12. The van der Waals surface area contributed by atoms with Gasteiger partial charge in [0.25, 0.3) is 0 Å². The number of aromatic hydroxyl groups is 1. The number of phenolic OH excluding ortho intramolecular Hbond substituents is 1. The number of ether oxygens (including phenoxy) is 1. The minimum Gasteiger partial charge on any atom is -0.504 e. The number of benzene rings is 1. The Morgan fingerprint density at radius 3 is 2.43 bits per heavy atom. The summed E-state index contributed by atoms with van der Waals surface area (Å²) in [7, 11) is 3.07. The zero-order chi connectivity index (χ0) is 16.2. The molecule has 0 fully saturated rings. The molecule has 21 heavy (non-hydrogen) atoms. The van der Waals surface area contributed by atoms with Gasteiger partial charge >= 0.3 is 5.97 Å². The van der Waals surface area contributed by atoms with Gasteiger partial charge in [-0.25, -0.2) is 0 Å². The van der Waals surface area contributed by atoms with Crippen LogP contribution in [0.4, 0.5) is 0 Å². The van der Waals surface area contributed by atoms with Gasteiger partial charge < -0.3 is 19.8 Å². The molecule has 1 rings (SSSR count). The van der Waals surface area contributed by atoms with Crippen LogP contribution in [0.25, 0.3) is 0 Å². The lowest BCUT2D eigenvalue weighted by Crippen LogP contribution is -2.36. The summed E-state index contributed by atoms with van der Waals surface area (Å²) in [6.45, 7) is 3.43. The first kappa shape index (κ1) is 16.8. The molecule has 2 unspecified atom stereocenters. The smallest absolute Gasteiger partial charge is 0.307 e. The van der Waals surface area contributed by atoms with Crippen molar-refractivity contribution in [1.29, 1.82) is 0 Å². The molecule has 0 bridgehead atoms. The van der Waals surface area contributed by atoms with Gasteiger partial charge in [-0.05, 0) is 17.7 Å². The number of carboxylic acid groups (broad SMARTS) is 1. The molecule has 0 radical (unpaired) electrons. The molecule has 0 aliphatic heterocycles. The molecule has 0 aliphatic rings. The van der Waals surface area contributed by atoms with Crippen LogP contribution in [0.2, 0.25) is 0 Å². The van der Waals surface area contributed by atoms with Crippen molar-refractivity contribution in [2.45, 2.75) is 20.4 Å². The van der Waals surface area contributed by atoms with E-state index in [0.29, 0.717) is 12.3 Å². The molecule has 0 saturated carbocycles. The van der Waals surface area contributed by atoms with Crippen molar-refractivity contribution in [1.82, 2.24) is 4.90 Å². The third-order valence-corrected chi connectivity index (χ3v) is 3.57. The summed E-state index contributed by atoms with van der Waals surface area (Å²) in [5.41, 5.74) is 0.788. The zero-order valence-corrected chi connectivity index (χ0v) is 12.7. The first-order valence-electron chi connectivity index (χ1n) is 6.61. The van der Waals surface area contributed by atoms with Crippen LogP contribution in [0.1, 0.15) is 19.4 Å². The topological polar surface area (TPSA) is 87.1 Å². The number of hydrogen-bond donors (Lipinski definition) is 2. The lowest BCUT2D eigenvalue weighted by atomic mass is 9.95. The SMILES string of the molecule is COc1cc(CN(C)C(=O)C(C)C(C)C(=O)O)ccc1O. The van der Waals surface area contributed by atoms with Gasteiger partial charge in [-0.15, -0.1) is 0 Å². The molecule has 6 heteroatoms. The molecular formula is C15H21NO5. The lowest BCUT2D eigenvalue weighted by molar-refractivity contribution is -0.148. The van der Waals surface area contributed by atoms with Crippen LogP contribution in [-0.2, 0) is 16.1 Å². The number of methoxy groups -OCH3 is 1. The second-order valence-corrected chi connectivity index (χ2v) is 5.12. The highest BCUT2D eigenvalue weighted by atomic mass is 16.5. The van der Waals surface area contributed by atoms with Crippen molar-refractivity contribution in [3.63, 3.8) is 0 Å². The molecule has 0 aliphatic carbocycles. The summed E-state index contributed by atoms with van der Waals surface area (Å²) in [5, 5.41) is 18.5. The predicted molar refractivity (Wildman–Crippen MR) is 77.1 cm³/mol. The number of rotatable bonds is 6. The Labute approximate surface area is 124 Å². The molecule has 0 spiro atoms. The lowest BCUT2D eigenvalue weighted by Gasteiger charge is -2.23. The van der Waals surface area contributed by atoms with Crippen LogP contribution in [0, 0.1) is 11.8 Å². The van der Waals surface area contributed by atoms with E-state index in [1.165, 1.54) is 25.0 Å². The fourth-order valence-electron chi connectivity index (χ4n) is 1.95. The first-order valence-corrected chi connectivity index (χ1v) is 6.61. The Morgan fingerprint density at radius 1 is 1.29 bits per heavy atom. The molecule has 2 atom stereocenters. The van der Waals surface area contributed by atoms with Gasteiger partial charge in [-0.1, -0.05) is 19.9 Å². The molecule has 2 N–H and O–H groups in total. The average Bonchev–Trinajstić information content (AvgIpc) is 2.46. The summed E-state index contributed by atoms with van der Waals surface area (Å²) in [5.74, 6) is -2.21. The maximum absolute atomic E-state index is 12.2.